The van der Waals surface area contributed by atoms with Crippen LogP contribution >= 0.6 is 0 Å². The van der Waals surface area contributed by atoms with E-state index in [1.54, 1.807) is 17.1 Å². The predicted octanol–water partition coefficient (Wildman–Crippen LogP) is 3.82. The van der Waals surface area contributed by atoms with E-state index in [1.165, 1.54) is 0 Å². The van der Waals surface area contributed by atoms with E-state index in [-0.39, 0.29) is 0 Å². The van der Waals surface area contributed by atoms with Crippen LogP contribution in [0.5, 0.6) is 11.8 Å². The Morgan fingerprint density at radius 3 is 2.48 bits per heavy atom. The third-order valence-electron chi connectivity index (χ3n) is 3.52. The van der Waals surface area contributed by atoms with E-state index in [9.17, 15) is 0 Å². The average molecular weight is 302 g/mol. The van der Waals surface area contributed by atoms with Gasteiger partial charge >= 0.3 is 6.01 Å². The summed E-state index contributed by atoms with van der Waals surface area (Å²) in [7, 11) is 1.84. The van der Waals surface area contributed by atoms with Crippen molar-refractivity contribution in [3.8, 4) is 23.0 Å². The van der Waals surface area contributed by atoms with Crippen molar-refractivity contribution in [2.24, 2.45) is 7.05 Å². The molecule has 4 aromatic rings. The lowest BCUT2D eigenvalue weighted by Gasteiger charge is -2.08. The molecular weight excluding hydrogens is 288 g/mol. The zero-order chi connectivity index (χ0) is 15.6. The molecule has 0 aliphatic rings. The Hall–Kier alpha value is -3.21. The summed E-state index contributed by atoms with van der Waals surface area (Å²) in [5, 5.41) is 5.09. The van der Waals surface area contributed by atoms with Crippen LogP contribution in [0.1, 0.15) is 0 Å². The Labute approximate surface area is 133 Å². The molecule has 2 aromatic heterocycles. The smallest absolute Gasteiger partial charge is 0.323 e. The summed E-state index contributed by atoms with van der Waals surface area (Å²) in [6.07, 6.45) is 3.42. The number of hydrogen-bond donors (Lipinski definition) is 0. The molecule has 5 heteroatoms. The maximum Gasteiger partial charge on any atom is 0.323 e. The van der Waals surface area contributed by atoms with E-state index in [2.05, 4.69) is 15.1 Å². The summed E-state index contributed by atoms with van der Waals surface area (Å²) < 4.78 is 7.44. The van der Waals surface area contributed by atoms with Gasteiger partial charge in [-0.05, 0) is 6.07 Å². The van der Waals surface area contributed by atoms with Crippen LogP contribution in [0.15, 0.2) is 67.0 Å². The number of hydrogen-bond acceptors (Lipinski definition) is 4. The minimum Gasteiger partial charge on any atom is -0.421 e. The molecule has 4 rings (SSSR count). The monoisotopic (exact) mass is 302 g/mol. The fraction of sp³-hybridized carbons (Fsp3) is 0.0556. The molecule has 2 heterocycles. The molecule has 0 saturated heterocycles. The van der Waals surface area contributed by atoms with Gasteiger partial charge in [-0.2, -0.15) is 15.1 Å². The summed E-state index contributed by atoms with van der Waals surface area (Å²) in [5.41, 5.74) is 2.73. The van der Waals surface area contributed by atoms with Crippen molar-refractivity contribution in [2.75, 3.05) is 0 Å². The first-order valence-corrected chi connectivity index (χ1v) is 7.28. The quantitative estimate of drug-likeness (QED) is 0.577. The number of para-hydroxylation sites is 1. The third-order valence-corrected chi connectivity index (χ3v) is 3.52. The van der Waals surface area contributed by atoms with Crippen LogP contribution in [0.2, 0.25) is 0 Å². The zero-order valence-electron chi connectivity index (χ0n) is 12.5. The van der Waals surface area contributed by atoms with Gasteiger partial charge in [0, 0.05) is 18.0 Å². The lowest BCUT2D eigenvalue weighted by Crippen LogP contribution is -1.95. The number of fused-ring (bicyclic) bond motifs is 1. The highest BCUT2D eigenvalue weighted by molar-refractivity contribution is 5.92. The molecule has 0 saturated carbocycles. The highest BCUT2D eigenvalue weighted by Gasteiger charge is 2.11. The van der Waals surface area contributed by atoms with Crippen molar-refractivity contribution in [3.05, 3.63) is 67.0 Å². The van der Waals surface area contributed by atoms with Gasteiger partial charge in [0.15, 0.2) is 5.75 Å². The number of aromatic nitrogens is 4. The number of rotatable bonds is 3. The number of nitrogens with zero attached hydrogens (tertiary/aromatic N) is 4. The van der Waals surface area contributed by atoms with Gasteiger partial charge in [-0.3, -0.25) is 4.68 Å². The molecule has 0 aliphatic carbocycles. The SMILES string of the molecule is Cn1cc(Oc2nc(-c3ccccc3)c3ccccc3n2)cn1. The molecule has 0 radical (unpaired) electrons. The molecule has 0 amide bonds. The Bertz CT molecular complexity index is 963. The number of benzene rings is 2. The molecule has 0 bridgehead atoms. The van der Waals surface area contributed by atoms with Crippen molar-refractivity contribution in [2.45, 2.75) is 0 Å². The number of ether oxygens (including phenoxy) is 1. The molecule has 0 atom stereocenters. The Balaban J connectivity index is 1.86. The fourth-order valence-corrected chi connectivity index (χ4v) is 2.47. The van der Waals surface area contributed by atoms with Crippen molar-refractivity contribution >= 4 is 10.9 Å². The maximum atomic E-state index is 5.76. The second-order valence-electron chi connectivity index (χ2n) is 5.19. The number of aryl methyl sites for hydroxylation is 1. The molecule has 0 unspecified atom stereocenters. The van der Waals surface area contributed by atoms with Crippen LogP contribution in [0.25, 0.3) is 22.2 Å². The fourth-order valence-electron chi connectivity index (χ4n) is 2.47. The van der Waals surface area contributed by atoms with Crippen LogP contribution in [-0.2, 0) is 7.05 Å². The topological polar surface area (TPSA) is 52.8 Å². The van der Waals surface area contributed by atoms with Gasteiger partial charge in [-0.1, -0.05) is 48.5 Å². The van der Waals surface area contributed by atoms with Gasteiger partial charge in [-0.15, -0.1) is 0 Å². The molecule has 0 fully saturated rings. The molecule has 112 valence electrons. The van der Waals surface area contributed by atoms with Gasteiger partial charge in [-0.25, -0.2) is 0 Å². The second-order valence-corrected chi connectivity index (χ2v) is 5.19. The van der Waals surface area contributed by atoms with E-state index in [1.807, 2.05) is 61.6 Å². The molecule has 0 aliphatic heterocycles. The zero-order valence-corrected chi connectivity index (χ0v) is 12.5. The minimum absolute atomic E-state index is 0.315. The summed E-state index contributed by atoms with van der Waals surface area (Å²) in [4.78, 5) is 9.10. The van der Waals surface area contributed by atoms with Crippen molar-refractivity contribution in [1.29, 1.82) is 0 Å². The van der Waals surface area contributed by atoms with Crippen molar-refractivity contribution < 1.29 is 4.74 Å². The third kappa shape index (κ3) is 2.64. The summed E-state index contributed by atoms with van der Waals surface area (Å²) in [6.45, 7) is 0. The van der Waals surface area contributed by atoms with Gasteiger partial charge in [0.25, 0.3) is 0 Å². The lowest BCUT2D eigenvalue weighted by atomic mass is 10.1. The highest BCUT2D eigenvalue weighted by Crippen LogP contribution is 2.29. The van der Waals surface area contributed by atoms with E-state index >= 15 is 0 Å². The van der Waals surface area contributed by atoms with Gasteiger partial charge in [0.2, 0.25) is 0 Å². The van der Waals surface area contributed by atoms with Crippen molar-refractivity contribution in [1.82, 2.24) is 19.7 Å². The summed E-state index contributed by atoms with van der Waals surface area (Å²) in [5.74, 6) is 0.613. The first kappa shape index (κ1) is 13.5. The first-order chi connectivity index (χ1) is 11.3. The normalized spacial score (nSPS) is 10.8. The first-order valence-electron chi connectivity index (χ1n) is 7.28. The van der Waals surface area contributed by atoms with E-state index in [4.69, 9.17) is 4.74 Å². The lowest BCUT2D eigenvalue weighted by molar-refractivity contribution is 0.444. The van der Waals surface area contributed by atoms with Gasteiger partial charge in [0.1, 0.15) is 0 Å². The van der Waals surface area contributed by atoms with Crippen LogP contribution < -0.4 is 4.74 Å². The molecule has 0 spiro atoms. The van der Waals surface area contributed by atoms with Crippen LogP contribution in [-0.4, -0.2) is 19.7 Å². The van der Waals surface area contributed by atoms with E-state index in [0.29, 0.717) is 11.8 Å². The highest BCUT2D eigenvalue weighted by atomic mass is 16.5. The Morgan fingerprint density at radius 2 is 1.70 bits per heavy atom. The van der Waals surface area contributed by atoms with E-state index < -0.39 is 0 Å². The standard InChI is InChI=1S/C18H14N4O/c1-22-12-14(11-19-22)23-18-20-16-10-6-5-9-15(16)17(21-18)13-7-3-2-4-8-13/h2-12H,1H3. The Kier molecular flexibility index (Phi) is 3.24. The second kappa shape index (κ2) is 5.53. The molecule has 5 nitrogen and oxygen atoms in total. The van der Waals surface area contributed by atoms with E-state index in [0.717, 1.165) is 22.2 Å². The molecular formula is C18H14N4O. The summed E-state index contributed by atoms with van der Waals surface area (Å²) in [6, 6.07) is 18.3. The Morgan fingerprint density at radius 1 is 0.913 bits per heavy atom. The van der Waals surface area contributed by atoms with Gasteiger partial charge in [0.05, 0.1) is 23.6 Å². The average Bonchev–Trinajstić information content (AvgIpc) is 3.00. The minimum atomic E-state index is 0.315. The van der Waals surface area contributed by atoms with Crippen molar-refractivity contribution in [3.63, 3.8) is 0 Å². The predicted molar refractivity (Wildman–Crippen MR) is 88.3 cm³/mol. The van der Waals surface area contributed by atoms with Crippen LogP contribution in [0, 0.1) is 0 Å². The van der Waals surface area contributed by atoms with Gasteiger partial charge < -0.3 is 4.74 Å². The molecule has 23 heavy (non-hydrogen) atoms. The molecule has 2 aromatic carbocycles. The largest absolute Gasteiger partial charge is 0.421 e. The van der Waals surface area contributed by atoms with Crippen LogP contribution in [0.3, 0.4) is 0 Å². The van der Waals surface area contributed by atoms with Crippen LogP contribution in [0.4, 0.5) is 0 Å². The maximum absolute atomic E-state index is 5.76. The summed E-state index contributed by atoms with van der Waals surface area (Å²) >= 11 is 0. The molecule has 0 N–H and O–H groups in total.